The number of aromatic amines is 1. The third kappa shape index (κ3) is 4.83. The van der Waals surface area contributed by atoms with Gasteiger partial charge in [0.2, 0.25) is 11.2 Å². The fraction of sp³-hybridized carbons (Fsp3) is 0.250. The molecule has 0 saturated carbocycles. The number of carbonyl (C=O) groups is 1. The standard InChI is InChI=1S/C16H16ClN5O2S/c17-16-21-14-13(19-9-20-14)15(22-16)25-8-6-12(24)18-7-5-10-1-3-11(23)4-2-10/h1-4,9,23H,5-8H2,(H,18,24)(H,19,20,21,22). The van der Waals surface area contributed by atoms with Crippen molar-refractivity contribution in [2.24, 2.45) is 0 Å². The smallest absolute Gasteiger partial charge is 0.225 e. The molecule has 0 aliphatic heterocycles. The van der Waals surface area contributed by atoms with Crippen molar-refractivity contribution in [1.29, 1.82) is 0 Å². The van der Waals surface area contributed by atoms with E-state index in [0.717, 1.165) is 17.5 Å². The molecule has 7 nitrogen and oxygen atoms in total. The van der Waals surface area contributed by atoms with Crippen LogP contribution in [0.1, 0.15) is 12.0 Å². The highest BCUT2D eigenvalue weighted by Gasteiger charge is 2.10. The Morgan fingerprint density at radius 1 is 1.28 bits per heavy atom. The van der Waals surface area contributed by atoms with E-state index < -0.39 is 0 Å². The number of rotatable bonds is 7. The number of carbonyl (C=O) groups excluding carboxylic acids is 1. The van der Waals surface area contributed by atoms with E-state index in [1.54, 1.807) is 12.1 Å². The van der Waals surface area contributed by atoms with Gasteiger partial charge >= 0.3 is 0 Å². The zero-order valence-electron chi connectivity index (χ0n) is 13.2. The summed E-state index contributed by atoms with van der Waals surface area (Å²) < 4.78 is 0. The molecule has 3 N–H and O–H groups in total. The van der Waals surface area contributed by atoms with Gasteiger partial charge in [-0.3, -0.25) is 4.79 Å². The van der Waals surface area contributed by atoms with Gasteiger partial charge in [0.15, 0.2) is 5.65 Å². The minimum absolute atomic E-state index is 0.0210. The van der Waals surface area contributed by atoms with Gasteiger partial charge in [-0.15, -0.1) is 11.8 Å². The molecule has 3 rings (SSSR count). The maximum absolute atomic E-state index is 11.9. The number of thioether (sulfide) groups is 1. The average Bonchev–Trinajstić information content (AvgIpc) is 3.05. The van der Waals surface area contributed by atoms with Gasteiger partial charge in [-0.2, -0.15) is 4.98 Å². The number of halogens is 1. The number of amides is 1. The number of nitrogens with one attached hydrogen (secondary N) is 2. The van der Waals surface area contributed by atoms with Gasteiger partial charge in [-0.1, -0.05) is 12.1 Å². The molecule has 1 amide bonds. The Labute approximate surface area is 153 Å². The largest absolute Gasteiger partial charge is 0.508 e. The second kappa shape index (κ2) is 8.17. The summed E-state index contributed by atoms with van der Waals surface area (Å²) in [5.41, 5.74) is 2.30. The zero-order valence-corrected chi connectivity index (χ0v) is 14.8. The molecule has 0 radical (unpaired) electrons. The lowest BCUT2D eigenvalue weighted by atomic mass is 10.1. The van der Waals surface area contributed by atoms with Crippen molar-refractivity contribution in [3.8, 4) is 5.75 Å². The molecule has 1 aromatic carbocycles. The maximum atomic E-state index is 11.9. The Morgan fingerprint density at radius 3 is 2.88 bits per heavy atom. The number of hydrogen-bond acceptors (Lipinski definition) is 6. The highest BCUT2D eigenvalue weighted by Crippen LogP contribution is 2.24. The molecule has 0 fully saturated rings. The van der Waals surface area contributed by atoms with E-state index >= 15 is 0 Å². The van der Waals surface area contributed by atoms with E-state index in [2.05, 4.69) is 25.3 Å². The summed E-state index contributed by atoms with van der Waals surface area (Å²) in [4.78, 5) is 27.1. The molecule has 0 spiro atoms. The molecule has 2 heterocycles. The Bertz CT molecular complexity index is 869. The minimum Gasteiger partial charge on any atom is -0.508 e. The van der Waals surface area contributed by atoms with E-state index in [9.17, 15) is 9.90 Å². The molecule has 0 unspecified atom stereocenters. The molecule has 0 saturated heterocycles. The number of fused-ring (bicyclic) bond motifs is 1. The van der Waals surface area contributed by atoms with E-state index in [-0.39, 0.29) is 16.9 Å². The van der Waals surface area contributed by atoms with Crippen molar-refractivity contribution in [2.75, 3.05) is 12.3 Å². The summed E-state index contributed by atoms with van der Waals surface area (Å²) in [5.74, 6) is 0.792. The normalized spacial score (nSPS) is 10.9. The average molecular weight is 378 g/mol. The molecule has 0 aliphatic carbocycles. The second-order valence-corrected chi connectivity index (χ2v) is 6.69. The Morgan fingerprint density at radius 2 is 2.08 bits per heavy atom. The van der Waals surface area contributed by atoms with Crippen LogP contribution in [-0.2, 0) is 11.2 Å². The summed E-state index contributed by atoms with van der Waals surface area (Å²) in [6.07, 6.45) is 2.63. The van der Waals surface area contributed by atoms with Crippen molar-refractivity contribution in [2.45, 2.75) is 17.9 Å². The molecule has 0 aliphatic rings. The minimum atomic E-state index is -0.0210. The van der Waals surface area contributed by atoms with Crippen LogP contribution in [0.3, 0.4) is 0 Å². The van der Waals surface area contributed by atoms with Crippen LogP contribution in [0.15, 0.2) is 35.6 Å². The predicted octanol–water partition coefficient (Wildman–Crippen LogP) is 2.55. The number of nitrogens with zero attached hydrogens (tertiary/aromatic N) is 3. The van der Waals surface area contributed by atoms with Crippen molar-refractivity contribution in [3.05, 3.63) is 41.4 Å². The van der Waals surface area contributed by atoms with E-state index in [0.29, 0.717) is 29.4 Å². The van der Waals surface area contributed by atoms with Crippen LogP contribution >= 0.6 is 23.4 Å². The van der Waals surface area contributed by atoms with Crippen molar-refractivity contribution in [3.63, 3.8) is 0 Å². The monoisotopic (exact) mass is 377 g/mol. The van der Waals surface area contributed by atoms with Gasteiger partial charge in [-0.05, 0) is 35.7 Å². The lowest BCUT2D eigenvalue weighted by Crippen LogP contribution is -2.25. The van der Waals surface area contributed by atoms with Crippen LogP contribution in [-0.4, -0.2) is 43.2 Å². The van der Waals surface area contributed by atoms with Gasteiger partial charge in [0.25, 0.3) is 0 Å². The number of hydrogen-bond donors (Lipinski definition) is 3. The van der Waals surface area contributed by atoms with Crippen molar-refractivity contribution >= 4 is 40.4 Å². The number of aromatic hydroxyl groups is 1. The third-order valence-electron chi connectivity index (χ3n) is 3.47. The lowest BCUT2D eigenvalue weighted by molar-refractivity contribution is -0.120. The molecular formula is C16H16ClN5O2S. The quantitative estimate of drug-likeness (QED) is 0.332. The van der Waals surface area contributed by atoms with Crippen LogP contribution < -0.4 is 5.32 Å². The summed E-state index contributed by atoms with van der Waals surface area (Å²) in [5, 5.41) is 12.9. The number of imidazole rings is 1. The first-order chi connectivity index (χ1) is 12.1. The number of H-pyrrole nitrogens is 1. The van der Waals surface area contributed by atoms with Gasteiger partial charge < -0.3 is 15.4 Å². The van der Waals surface area contributed by atoms with Crippen molar-refractivity contribution < 1.29 is 9.90 Å². The zero-order chi connectivity index (χ0) is 17.6. The van der Waals surface area contributed by atoms with Crippen molar-refractivity contribution in [1.82, 2.24) is 25.3 Å². The molecule has 25 heavy (non-hydrogen) atoms. The maximum Gasteiger partial charge on any atom is 0.225 e. The third-order valence-corrected chi connectivity index (χ3v) is 4.61. The number of benzene rings is 1. The van der Waals surface area contributed by atoms with Crippen LogP contribution in [0, 0.1) is 0 Å². The molecular weight excluding hydrogens is 362 g/mol. The summed E-state index contributed by atoms with van der Waals surface area (Å²) in [6, 6.07) is 6.95. The Hall–Kier alpha value is -2.32. The topological polar surface area (TPSA) is 104 Å². The first kappa shape index (κ1) is 17.5. The fourth-order valence-electron chi connectivity index (χ4n) is 2.22. The highest BCUT2D eigenvalue weighted by molar-refractivity contribution is 7.99. The van der Waals surface area contributed by atoms with E-state index in [1.165, 1.54) is 18.1 Å². The Balaban J connectivity index is 1.43. The van der Waals surface area contributed by atoms with Gasteiger partial charge in [-0.25, -0.2) is 9.97 Å². The van der Waals surface area contributed by atoms with E-state index in [4.69, 9.17) is 11.6 Å². The van der Waals surface area contributed by atoms with Crippen LogP contribution in [0.25, 0.3) is 11.2 Å². The predicted molar refractivity (Wildman–Crippen MR) is 96.9 cm³/mol. The summed E-state index contributed by atoms with van der Waals surface area (Å²) in [7, 11) is 0. The number of phenolic OH excluding ortho intramolecular Hbond substituents is 1. The van der Waals surface area contributed by atoms with Gasteiger partial charge in [0, 0.05) is 18.7 Å². The lowest BCUT2D eigenvalue weighted by Gasteiger charge is -2.06. The number of phenols is 1. The van der Waals surface area contributed by atoms with Crippen LogP contribution in [0.4, 0.5) is 0 Å². The summed E-state index contributed by atoms with van der Waals surface area (Å²) in [6.45, 7) is 0.554. The van der Waals surface area contributed by atoms with Gasteiger partial charge in [0.05, 0.1) is 6.33 Å². The molecule has 130 valence electrons. The molecule has 0 bridgehead atoms. The molecule has 2 aromatic heterocycles. The first-order valence-electron chi connectivity index (χ1n) is 7.66. The molecule has 0 atom stereocenters. The second-order valence-electron chi connectivity index (χ2n) is 5.26. The fourth-order valence-corrected chi connectivity index (χ4v) is 3.36. The van der Waals surface area contributed by atoms with Crippen LogP contribution in [0.5, 0.6) is 5.75 Å². The SMILES string of the molecule is O=C(CCSc1nc(Cl)nc2nc[nH]c12)NCCc1ccc(O)cc1. The summed E-state index contributed by atoms with van der Waals surface area (Å²) >= 11 is 7.31. The first-order valence-corrected chi connectivity index (χ1v) is 9.02. The highest BCUT2D eigenvalue weighted by atomic mass is 35.5. The van der Waals surface area contributed by atoms with Gasteiger partial charge in [0.1, 0.15) is 16.3 Å². The molecule has 3 aromatic rings. The van der Waals surface area contributed by atoms with Crippen LogP contribution in [0.2, 0.25) is 5.28 Å². The van der Waals surface area contributed by atoms with E-state index in [1.807, 2.05) is 12.1 Å². The molecule has 9 heteroatoms. The number of aromatic nitrogens is 4. The Kier molecular flexibility index (Phi) is 5.72.